The van der Waals surface area contributed by atoms with Crippen LogP contribution in [0.1, 0.15) is 30.0 Å². The third-order valence-electron chi connectivity index (χ3n) is 1.65. The van der Waals surface area contributed by atoms with Crippen LogP contribution in [0.15, 0.2) is 10.5 Å². The van der Waals surface area contributed by atoms with Crippen LogP contribution in [0.3, 0.4) is 0 Å². The predicted molar refractivity (Wildman–Crippen MR) is 68.2 cm³/mol. The topological polar surface area (TPSA) is 0 Å². The zero-order chi connectivity index (χ0) is 10.0. The lowest BCUT2D eigenvalue weighted by Crippen LogP contribution is -1.92. The lowest BCUT2D eigenvalue weighted by Gasteiger charge is -2.09. The van der Waals surface area contributed by atoms with Crippen molar-refractivity contribution in [2.45, 2.75) is 25.1 Å². The van der Waals surface area contributed by atoms with Gasteiger partial charge in [0.25, 0.3) is 0 Å². The van der Waals surface area contributed by atoms with E-state index in [9.17, 15) is 0 Å². The largest absolute Gasteiger partial charge is 0.126 e. The molecular formula is C9H11Br2ClS. The van der Waals surface area contributed by atoms with Crippen molar-refractivity contribution in [3.8, 4) is 0 Å². The molecule has 74 valence electrons. The molecule has 0 saturated carbocycles. The molecule has 0 radical (unpaired) electrons. The Morgan fingerprint density at radius 1 is 1.54 bits per heavy atom. The van der Waals surface area contributed by atoms with Gasteiger partial charge in [-0.25, -0.2) is 0 Å². The van der Waals surface area contributed by atoms with E-state index in [1.165, 1.54) is 4.88 Å². The lowest BCUT2D eigenvalue weighted by atomic mass is 10.1. The monoisotopic (exact) mass is 344 g/mol. The zero-order valence-electron chi connectivity index (χ0n) is 7.48. The van der Waals surface area contributed by atoms with Gasteiger partial charge < -0.3 is 0 Å². The van der Waals surface area contributed by atoms with Gasteiger partial charge in [-0.2, -0.15) is 0 Å². The highest BCUT2D eigenvalue weighted by atomic mass is 79.9. The molecule has 0 spiro atoms. The predicted octanol–water partition coefficient (Wildman–Crippen LogP) is 5.65. The molecule has 13 heavy (non-hydrogen) atoms. The summed E-state index contributed by atoms with van der Waals surface area (Å²) in [6, 6.07) is 2.09. The molecule has 0 fully saturated rings. The Morgan fingerprint density at radius 2 is 2.15 bits per heavy atom. The van der Waals surface area contributed by atoms with E-state index < -0.39 is 0 Å². The maximum absolute atomic E-state index is 5.96. The molecule has 0 bridgehead atoms. The number of hydrogen-bond donors (Lipinski definition) is 0. The highest BCUT2D eigenvalue weighted by Crippen LogP contribution is 2.40. The minimum Gasteiger partial charge on any atom is -0.126 e. The summed E-state index contributed by atoms with van der Waals surface area (Å²) in [7, 11) is 0. The van der Waals surface area contributed by atoms with Gasteiger partial charge in [0, 0.05) is 14.2 Å². The number of hydrogen-bond acceptors (Lipinski definition) is 1. The first-order valence-corrected chi connectivity index (χ1v) is 6.99. The average molecular weight is 347 g/mol. The number of rotatable bonds is 3. The van der Waals surface area contributed by atoms with E-state index in [1.54, 1.807) is 11.3 Å². The molecular weight excluding hydrogens is 335 g/mol. The van der Waals surface area contributed by atoms with Crippen molar-refractivity contribution in [2.24, 2.45) is 5.92 Å². The van der Waals surface area contributed by atoms with Crippen molar-refractivity contribution >= 4 is 54.8 Å². The third kappa shape index (κ3) is 3.54. The summed E-state index contributed by atoms with van der Waals surface area (Å²) in [5, 5.41) is 0. The van der Waals surface area contributed by atoms with Gasteiger partial charge in [-0.3, -0.25) is 0 Å². The van der Waals surface area contributed by atoms with E-state index in [1.807, 2.05) is 0 Å². The number of thiophene rings is 1. The van der Waals surface area contributed by atoms with E-state index >= 15 is 0 Å². The second kappa shape index (κ2) is 5.15. The van der Waals surface area contributed by atoms with Gasteiger partial charge in [0.1, 0.15) is 4.34 Å². The summed E-state index contributed by atoms with van der Waals surface area (Å²) in [5.74, 6) is 0.698. The lowest BCUT2D eigenvalue weighted by molar-refractivity contribution is 0.587. The molecule has 0 aromatic carbocycles. The molecule has 0 N–H and O–H groups in total. The summed E-state index contributed by atoms with van der Waals surface area (Å²) in [6.45, 7) is 4.44. The summed E-state index contributed by atoms with van der Waals surface area (Å²) in [6.07, 6.45) is 1.14. The Kier molecular flexibility index (Phi) is 4.76. The van der Waals surface area contributed by atoms with E-state index in [2.05, 4.69) is 51.8 Å². The van der Waals surface area contributed by atoms with Crippen LogP contribution in [0.25, 0.3) is 0 Å². The molecule has 4 heteroatoms. The Balaban J connectivity index is 2.71. The fourth-order valence-electron chi connectivity index (χ4n) is 1.05. The highest BCUT2D eigenvalue weighted by Gasteiger charge is 2.14. The maximum atomic E-state index is 5.96. The van der Waals surface area contributed by atoms with Crippen LogP contribution >= 0.6 is 54.8 Å². The van der Waals surface area contributed by atoms with E-state index in [0.717, 1.165) is 15.2 Å². The van der Waals surface area contributed by atoms with E-state index in [0.29, 0.717) is 10.7 Å². The Bertz CT molecular complexity index is 264. The minimum absolute atomic E-state index is 0.432. The molecule has 1 aromatic heterocycles. The SMILES string of the molecule is CC(C)CC(Br)c1cc(Br)c(Cl)s1. The molecule has 0 amide bonds. The summed E-state index contributed by atoms with van der Waals surface area (Å²) < 4.78 is 1.84. The fraction of sp³-hybridized carbons (Fsp3) is 0.556. The van der Waals surface area contributed by atoms with Crippen LogP contribution in [0.4, 0.5) is 0 Å². The van der Waals surface area contributed by atoms with Crippen molar-refractivity contribution in [1.29, 1.82) is 0 Å². The highest BCUT2D eigenvalue weighted by molar-refractivity contribution is 9.10. The summed E-state index contributed by atoms with van der Waals surface area (Å²) in [4.78, 5) is 1.73. The van der Waals surface area contributed by atoms with Crippen molar-refractivity contribution in [2.75, 3.05) is 0 Å². The minimum atomic E-state index is 0.432. The molecule has 1 atom stereocenters. The van der Waals surface area contributed by atoms with Crippen molar-refractivity contribution in [3.63, 3.8) is 0 Å². The molecule has 0 saturated heterocycles. The van der Waals surface area contributed by atoms with Gasteiger partial charge >= 0.3 is 0 Å². The molecule has 0 aliphatic carbocycles. The normalized spacial score (nSPS) is 13.7. The van der Waals surface area contributed by atoms with Gasteiger partial charge in [0.05, 0.1) is 0 Å². The quantitative estimate of drug-likeness (QED) is 0.621. The van der Waals surface area contributed by atoms with Crippen molar-refractivity contribution in [1.82, 2.24) is 0 Å². The van der Waals surface area contributed by atoms with Crippen LogP contribution in [0.5, 0.6) is 0 Å². The van der Waals surface area contributed by atoms with Crippen LogP contribution < -0.4 is 0 Å². The molecule has 1 aromatic rings. The maximum Gasteiger partial charge on any atom is 0.107 e. The average Bonchev–Trinajstić information content (AvgIpc) is 2.31. The van der Waals surface area contributed by atoms with Gasteiger partial charge in [0.2, 0.25) is 0 Å². The van der Waals surface area contributed by atoms with Crippen LogP contribution in [0, 0.1) is 5.92 Å². The Labute approximate surface area is 105 Å². The molecule has 1 unspecified atom stereocenters. The number of alkyl halides is 1. The van der Waals surface area contributed by atoms with Crippen LogP contribution in [-0.2, 0) is 0 Å². The smallest absolute Gasteiger partial charge is 0.107 e. The van der Waals surface area contributed by atoms with Crippen LogP contribution in [-0.4, -0.2) is 0 Å². The molecule has 0 aliphatic rings. The second-order valence-electron chi connectivity index (χ2n) is 3.37. The molecule has 1 heterocycles. The second-order valence-corrected chi connectivity index (χ2v) is 7.01. The molecule has 1 rings (SSSR count). The van der Waals surface area contributed by atoms with Gasteiger partial charge in [0.15, 0.2) is 0 Å². The van der Waals surface area contributed by atoms with Crippen molar-refractivity contribution in [3.05, 3.63) is 19.8 Å². The first-order chi connectivity index (χ1) is 6.00. The standard InChI is InChI=1S/C9H11Br2ClS/c1-5(2)3-6(10)8-4-7(11)9(12)13-8/h4-6H,3H2,1-2H3. The number of halogens is 3. The molecule has 0 aliphatic heterocycles. The summed E-state index contributed by atoms with van der Waals surface area (Å²) >= 11 is 14.7. The van der Waals surface area contributed by atoms with Crippen LogP contribution in [0.2, 0.25) is 4.34 Å². The fourth-order valence-corrected chi connectivity index (χ4v) is 3.93. The van der Waals surface area contributed by atoms with Gasteiger partial charge in [-0.1, -0.05) is 41.4 Å². The van der Waals surface area contributed by atoms with Crippen molar-refractivity contribution < 1.29 is 0 Å². The first kappa shape index (κ1) is 12.0. The zero-order valence-corrected chi connectivity index (χ0v) is 12.2. The summed E-state index contributed by atoms with van der Waals surface area (Å²) in [5.41, 5.74) is 0. The Morgan fingerprint density at radius 3 is 2.54 bits per heavy atom. The van der Waals surface area contributed by atoms with E-state index in [-0.39, 0.29) is 0 Å². The third-order valence-corrected chi connectivity index (χ3v) is 5.41. The Hall–Kier alpha value is 0.950. The van der Waals surface area contributed by atoms with Gasteiger partial charge in [-0.15, -0.1) is 11.3 Å². The van der Waals surface area contributed by atoms with E-state index in [4.69, 9.17) is 11.6 Å². The van der Waals surface area contributed by atoms with Gasteiger partial charge in [-0.05, 0) is 34.3 Å². The molecule has 0 nitrogen and oxygen atoms in total. The first-order valence-electron chi connectivity index (χ1n) is 4.09.